The number of nitrogens with zero attached hydrogens (tertiary/aromatic N) is 2. The number of nitrogens with one attached hydrogen (secondary N) is 3. The van der Waals surface area contributed by atoms with E-state index in [1.54, 1.807) is 24.3 Å². The second-order valence-corrected chi connectivity index (χ2v) is 10.1. The van der Waals surface area contributed by atoms with Crippen LogP contribution in [-0.4, -0.2) is 41.3 Å². The first-order valence-corrected chi connectivity index (χ1v) is 12.3. The zero-order valence-electron chi connectivity index (χ0n) is 18.9. The van der Waals surface area contributed by atoms with Crippen LogP contribution in [0.25, 0.3) is 10.9 Å². The SMILES string of the molecule is O=C1O[C@]2(CCCNC2)c2cc(Cl)ccc2N1C(=O)C(CC1CC1)Nc1n[nH]c2cc(F)ccc12. The molecule has 2 atom stereocenters. The molecule has 1 aliphatic carbocycles. The molecule has 0 bridgehead atoms. The van der Waals surface area contributed by atoms with Crippen molar-refractivity contribution in [1.29, 1.82) is 0 Å². The molecule has 35 heavy (non-hydrogen) atoms. The van der Waals surface area contributed by atoms with E-state index < -0.39 is 23.6 Å². The van der Waals surface area contributed by atoms with Crippen LogP contribution >= 0.6 is 11.6 Å². The first-order valence-electron chi connectivity index (χ1n) is 11.9. The van der Waals surface area contributed by atoms with Crippen molar-refractivity contribution < 1.29 is 18.7 Å². The monoisotopic (exact) mass is 497 g/mol. The highest BCUT2D eigenvalue weighted by molar-refractivity contribution is 6.31. The number of amides is 2. The van der Waals surface area contributed by atoms with Gasteiger partial charge in [-0.1, -0.05) is 24.4 Å². The third-order valence-electron chi connectivity index (χ3n) is 7.12. The molecule has 3 heterocycles. The number of carbonyl (C=O) groups is 2. The smallest absolute Gasteiger partial charge is 0.422 e. The Morgan fingerprint density at radius 3 is 2.94 bits per heavy atom. The summed E-state index contributed by atoms with van der Waals surface area (Å²) in [5, 5.41) is 14.8. The zero-order valence-corrected chi connectivity index (χ0v) is 19.7. The van der Waals surface area contributed by atoms with Crippen molar-refractivity contribution in [2.24, 2.45) is 5.92 Å². The molecule has 6 rings (SSSR count). The van der Waals surface area contributed by atoms with Gasteiger partial charge < -0.3 is 15.4 Å². The average molecular weight is 498 g/mol. The molecular weight excluding hydrogens is 473 g/mol. The highest BCUT2D eigenvalue weighted by atomic mass is 35.5. The minimum absolute atomic E-state index is 0.379. The summed E-state index contributed by atoms with van der Waals surface area (Å²) in [6, 6.07) is 8.78. The van der Waals surface area contributed by atoms with Crippen LogP contribution < -0.4 is 15.5 Å². The molecule has 1 saturated heterocycles. The van der Waals surface area contributed by atoms with Crippen molar-refractivity contribution in [3.8, 4) is 0 Å². The summed E-state index contributed by atoms with van der Waals surface area (Å²) >= 11 is 6.33. The molecule has 1 aromatic heterocycles. The molecular formula is C25H25ClFN5O3. The molecule has 3 N–H and O–H groups in total. The fourth-order valence-corrected chi connectivity index (χ4v) is 5.34. The van der Waals surface area contributed by atoms with Crippen LogP contribution in [0, 0.1) is 11.7 Å². The van der Waals surface area contributed by atoms with Gasteiger partial charge in [-0.15, -0.1) is 0 Å². The van der Waals surface area contributed by atoms with Crippen LogP contribution in [0.15, 0.2) is 36.4 Å². The predicted octanol–water partition coefficient (Wildman–Crippen LogP) is 4.70. The molecule has 3 aliphatic rings. The number of hydrogen-bond donors (Lipinski definition) is 3. The topological polar surface area (TPSA) is 99.3 Å². The van der Waals surface area contributed by atoms with Crippen LogP contribution in [-0.2, 0) is 15.1 Å². The zero-order chi connectivity index (χ0) is 24.2. The molecule has 0 radical (unpaired) electrons. The summed E-state index contributed by atoms with van der Waals surface area (Å²) in [5.74, 6) is 0.0327. The van der Waals surface area contributed by atoms with Gasteiger partial charge in [0, 0.05) is 22.5 Å². The van der Waals surface area contributed by atoms with E-state index in [1.165, 1.54) is 12.1 Å². The molecule has 1 unspecified atom stereocenters. The number of imide groups is 1. The van der Waals surface area contributed by atoms with E-state index in [4.69, 9.17) is 16.3 Å². The number of halogens is 2. The highest BCUT2D eigenvalue weighted by Gasteiger charge is 2.49. The Kier molecular flexibility index (Phi) is 5.41. The van der Waals surface area contributed by atoms with Gasteiger partial charge in [0.1, 0.15) is 11.9 Å². The number of fused-ring (bicyclic) bond motifs is 3. The maximum absolute atomic E-state index is 13.9. The number of aromatic nitrogens is 2. The van der Waals surface area contributed by atoms with Gasteiger partial charge in [-0.2, -0.15) is 5.10 Å². The minimum atomic E-state index is -0.853. The Balaban J connectivity index is 1.36. The number of aromatic amines is 1. The third kappa shape index (κ3) is 4.02. The van der Waals surface area contributed by atoms with E-state index in [0.717, 1.165) is 36.3 Å². The summed E-state index contributed by atoms with van der Waals surface area (Å²) in [6.07, 6.45) is 3.41. The Hall–Kier alpha value is -3.17. The van der Waals surface area contributed by atoms with Crippen LogP contribution in [0.5, 0.6) is 0 Å². The van der Waals surface area contributed by atoms with Gasteiger partial charge in [-0.05, 0) is 68.1 Å². The summed E-state index contributed by atoms with van der Waals surface area (Å²) in [6.45, 7) is 1.31. The van der Waals surface area contributed by atoms with Gasteiger partial charge in [-0.3, -0.25) is 9.89 Å². The average Bonchev–Trinajstić information content (AvgIpc) is 3.58. The fraction of sp³-hybridized carbons (Fsp3) is 0.400. The maximum atomic E-state index is 13.9. The second-order valence-electron chi connectivity index (χ2n) is 9.62. The van der Waals surface area contributed by atoms with Gasteiger partial charge in [0.2, 0.25) is 0 Å². The largest absolute Gasteiger partial charge is 0.436 e. The molecule has 2 aromatic carbocycles. The summed E-state index contributed by atoms with van der Waals surface area (Å²) < 4.78 is 19.6. The molecule has 10 heteroatoms. The first-order chi connectivity index (χ1) is 16.9. The number of ether oxygens (including phenoxy) is 1. The minimum Gasteiger partial charge on any atom is -0.436 e. The van der Waals surface area contributed by atoms with Gasteiger partial charge in [-0.25, -0.2) is 14.1 Å². The Labute approximate surface area is 206 Å². The van der Waals surface area contributed by atoms with Crippen LogP contribution in [0.4, 0.5) is 20.7 Å². The van der Waals surface area contributed by atoms with E-state index in [0.29, 0.717) is 52.7 Å². The second kappa shape index (κ2) is 8.49. The molecule has 182 valence electrons. The molecule has 8 nitrogen and oxygen atoms in total. The van der Waals surface area contributed by atoms with Crippen molar-refractivity contribution >= 4 is 46.0 Å². The lowest BCUT2D eigenvalue weighted by atomic mass is 9.84. The van der Waals surface area contributed by atoms with E-state index in [2.05, 4.69) is 20.8 Å². The number of carbonyl (C=O) groups excluding carboxylic acids is 2. The molecule has 2 amide bonds. The van der Waals surface area contributed by atoms with Gasteiger partial charge in [0.05, 0.1) is 11.2 Å². The van der Waals surface area contributed by atoms with Gasteiger partial charge >= 0.3 is 6.09 Å². The molecule has 1 saturated carbocycles. The number of piperidine rings is 1. The van der Waals surface area contributed by atoms with Crippen molar-refractivity contribution in [3.63, 3.8) is 0 Å². The van der Waals surface area contributed by atoms with Gasteiger partial charge in [0.15, 0.2) is 11.4 Å². The number of benzene rings is 2. The normalized spacial score (nSPS) is 22.7. The van der Waals surface area contributed by atoms with Crippen LogP contribution in [0.3, 0.4) is 0 Å². The first kappa shape index (κ1) is 22.3. The number of anilines is 2. The number of hydrogen-bond acceptors (Lipinski definition) is 6. The third-order valence-corrected chi connectivity index (χ3v) is 7.36. The van der Waals surface area contributed by atoms with E-state index in [9.17, 15) is 14.0 Å². The Morgan fingerprint density at radius 1 is 1.31 bits per heavy atom. The highest BCUT2D eigenvalue weighted by Crippen LogP contribution is 2.45. The number of rotatable bonds is 5. The summed E-state index contributed by atoms with van der Waals surface area (Å²) in [4.78, 5) is 28.4. The van der Waals surface area contributed by atoms with Crippen LogP contribution in [0.2, 0.25) is 5.02 Å². The van der Waals surface area contributed by atoms with E-state index >= 15 is 0 Å². The predicted molar refractivity (Wildman–Crippen MR) is 130 cm³/mol. The maximum Gasteiger partial charge on any atom is 0.422 e. The Bertz CT molecular complexity index is 1320. The summed E-state index contributed by atoms with van der Waals surface area (Å²) in [7, 11) is 0. The van der Waals surface area contributed by atoms with Gasteiger partial charge in [0.25, 0.3) is 5.91 Å². The lowest BCUT2D eigenvalue weighted by Gasteiger charge is -2.44. The van der Waals surface area contributed by atoms with E-state index in [1.807, 2.05) is 0 Å². The number of H-pyrrole nitrogens is 1. The lowest BCUT2D eigenvalue weighted by molar-refractivity contribution is -0.120. The molecule has 1 spiro atoms. The Morgan fingerprint density at radius 2 is 2.17 bits per heavy atom. The lowest BCUT2D eigenvalue weighted by Crippen LogP contribution is -2.56. The fourth-order valence-electron chi connectivity index (χ4n) is 5.17. The van der Waals surface area contributed by atoms with Crippen LogP contribution in [0.1, 0.15) is 37.7 Å². The van der Waals surface area contributed by atoms with Crippen molar-refractivity contribution in [1.82, 2.24) is 15.5 Å². The molecule has 3 aromatic rings. The van der Waals surface area contributed by atoms with Crippen molar-refractivity contribution in [3.05, 3.63) is 52.8 Å². The quantitative estimate of drug-likeness (QED) is 0.472. The van der Waals surface area contributed by atoms with Crippen molar-refractivity contribution in [2.45, 2.75) is 43.7 Å². The molecule has 2 fully saturated rings. The van der Waals surface area contributed by atoms with E-state index in [-0.39, 0.29) is 5.82 Å². The van der Waals surface area contributed by atoms with Crippen molar-refractivity contribution in [2.75, 3.05) is 23.3 Å². The molecule has 2 aliphatic heterocycles. The standard InChI is InChI=1S/C25H25ClFN5O3/c26-15-4-7-21-18(11-15)25(8-1-9-28-13-25)35-24(34)32(21)23(33)20(10-14-2-3-14)29-22-17-6-5-16(27)12-19(17)30-31-22/h4-7,11-12,14,20,28H,1-3,8-10,13H2,(H2,29,30,31)/t20?,25-/m0/s1. The summed E-state index contributed by atoms with van der Waals surface area (Å²) in [5.41, 5.74) is 0.898.